The first-order chi connectivity index (χ1) is 11.0. The van der Waals surface area contributed by atoms with E-state index in [1.165, 1.54) is 0 Å². The highest BCUT2D eigenvalue weighted by Crippen LogP contribution is 2.24. The van der Waals surface area contributed by atoms with Gasteiger partial charge in [0.15, 0.2) is 0 Å². The highest BCUT2D eigenvalue weighted by atomic mass is 16.3. The van der Waals surface area contributed by atoms with Crippen LogP contribution in [-0.4, -0.2) is 29.6 Å². The molecule has 1 fully saturated rings. The van der Waals surface area contributed by atoms with E-state index in [1.54, 1.807) is 6.07 Å². The third-order valence-corrected chi connectivity index (χ3v) is 4.43. The van der Waals surface area contributed by atoms with Crippen molar-refractivity contribution in [1.29, 1.82) is 0 Å². The average molecular weight is 318 g/mol. The molecule has 1 aliphatic rings. The number of aliphatic hydroxyl groups is 1. The lowest BCUT2D eigenvalue weighted by Crippen LogP contribution is -2.41. The molecule has 1 aliphatic carbocycles. The monoisotopic (exact) mass is 318 g/mol. The van der Waals surface area contributed by atoms with Crippen LogP contribution in [0.2, 0.25) is 0 Å². The van der Waals surface area contributed by atoms with Crippen LogP contribution in [0.1, 0.15) is 51.0 Å². The van der Waals surface area contributed by atoms with Crippen molar-refractivity contribution in [3.05, 3.63) is 29.8 Å². The summed E-state index contributed by atoms with van der Waals surface area (Å²) >= 11 is 0. The number of benzene rings is 1. The molecule has 23 heavy (non-hydrogen) atoms. The Morgan fingerprint density at radius 1 is 1.17 bits per heavy atom. The number of amides is 2. The standard InChI is InChI=1S/C18H26N2O3/c1-12(2)14-8-4-5-9-15(14)20-18(23)17(22)19-11-13-7-3-6-10-16(13)21/h4-5,8-9,12-13,16,21H,3,6-7,10-11H2,1-2H3,(H,19,22)(H,20,23)/t13-,16+/m1/s1. The van der Waals surface area contributed by atoms with E-state index < -0.39 is 11.8 Å². The zero-order valence-electron chi connectivity index (χ0n) is 13.8. The van der Waals surface area contributed by atoms with E-state index in [4.69, 9.17) is 0 Å². The molecule has 5 heteroatoms. The fraction of sp³-hybridized carbons (Fsp3) is 0.556. The molecule has 0 heterocycles. The van der Waals surface area contributed by atoms with Crippen molar-refractivity contribution in [2.24, 2.45) is 5.92 Å². The molecule has 2 rings (SSSR count). The Balaban J connectivity index is 1.89. The molecule has 126 valence electrons. The first-order valence-electron chi connectivity index (χ1n) is 8.35. The molecular weight excluding hydrogens is 292 g/mol. The van der Waals surface area contributed by atoms with E-state index in [9.17, 15) is 14.7 Å². The van der Waals surface area contributed by atoms with Crippen molar-refractivity contribution in [2.45, 2.75) is 51.6 Å². The number of anilines is 1. The van der Waals surface area contributed by atoms with Gasteiger partial charge in [-0.05, 0) is 30.4 Å². The summed E-state index contributed by atoms with van der Waals surface area (Å²) in [6.07, 6.45) is 3.37. The van der Waals surface area contributed by atoms with Gasteiger partial charge in [0.1, 0.15) is 0 Å². The first-order valence-corrected chi connectivity index (χ1v) is 8.35. The van der Waals surface area contributed by atoms with Gasteiger partial charge in [0.2, 0.25) is 0 Å². The molecule has 0 aromatic heterocycles. The molecule has 0 aliphatic heterocycles. The number of aliphatic hydroxyl groups excluding tert-OH is 1. The lowest BCUT2D eigenvalue weighted by molar-refractivity contribution is -0.136. The molecule has 0 radical (unpaired) electrons. The number of nitrogens with one attached hydrogen (secondary N) is 2. The molecule has 0 saturated heterocycles. The van der Waals surface area contributed by atoms with Crippen LogP contribution in [0.4, 0.5) is 5.69 Å². The molecule has 5 nitrogen and oxygen atoms in total. The van der Waals surface area contributed by atoms with Crippen molar-refractivity contribution in [3.63, 3.8) is 0 Å². The van der Waals surface area contributed by atoms with E-state index in [2.05, 4.69) is 10.6 Å². The van der Waals surface area contributed by atoms with Crippen molar-refractivity contribution in [1.82, 2.24) is 5.32 Å². The zero-order valence-corrected chi connectivity index (χ0v) is 13.8. The second kappa shape index (κ2) is 8.11. The van der Waals surface area contributed by atoms with Gasteiger partial charge in [0.25, 0.3) is 0 Å². The van der Waals surface area contributed by atoms with Crippen molar-refractivity contribution < 1.29 is 14.7 Å². The Morgan fingerprint density at radius 3 is 2.57 bits per heavy atom. The predicted octanol–water partition coefficient (Wildman–Crippen LogP) is 2.42. The molecule has 0 bridgehead atoms. The van der Waals surface area contributed by atoms with E-state index in [1.807, 2.05) is 32.0 Å². The van der Waals surface area contributed by atoms with Gasteiger partial charge in [-0.25, -0.2) is 0 Å². The maximum atomic E-state index is 12.1. The highest BCUT2D eigenvalue weighted by molar-refractivity contribution is 6.39. The Hall–Kier alpha value is -1.88. The summed E-state index contributed by atoms with van der Waals surface area (Å²) < 4.78 is 0. The van der Waals surface area contributed by atoms with Crippen molar-refractivity contribution in [2.75, 3.05) is 11.9 Å². The Labute approximate surface area is 137 Å². The van der Waals surface area contributed by atoms with Gasteiger partial charge in [-0.1, -0.05) is 44.9 Å². The summed E-state index contributed by atoms with van der Waals surface area (Å²) in [5.74, 6) is -1.01. The minimum atomic E-state index is -0.664. The summed E-state index contributed by atoms with van der Waals surface area (Å²) in [4.78, 5) is 24.0. The smallest absolute Gasteiger partial charge is 0.313 e. The Morgan fingerprint density at radius 2 is 1.87 bits per heavy atom. The SMILES string of the molecule is CC(C)c1ccccc1NC(=O)C(=O)NC[C@H]1CCCC[C@@H]1O. The zero-order chi connectivity index (χ0) is 16.8. The fourth-order valence-corrected chi connectivity index (χ4v) is 3.02. The molecule has 2 amide bonds. The van der Waals surface area contributed by atoms with Gasteiger partial charge in [0, 0.05) is 18.2 Å². The van der Waals surface area contributed by atoms with Gasteiger partial charge in [-0.15, -0.1) is 0 Å². The second-order valence-corrected chi connectivity index (χ2v) is 6.52. The lowest BCUT2D eigenvalue weighted by Gasteiger charge is -2.27. The Kier molecular flexibility index (Phi) is 6.16. The Bertz CT molecular complexity index is 557. The number of carbonyl (C=O) groups is 2. The van der Waals surface area contributed by atoms with E-state index in [0.717, 1.165) is 31.2 Å². The van der Waals surface area contributed by atoms with Crippen LogP contribution in [0.3, 0.4) is 0 Å². The number of para-hydroxylation sites is 1. The number of hydrogen-bond acceptors (Lipinski definition) is 3. The molecule has 0 spiro atoms. The van der Waals surface area contributed by atoms with Crippen LogP contribution in [0.25, 0.3) is 0 Å². The third-order valence-electron chi connectivity index (χ3n) is 4.43. The lowest BCUT2D eigenvalue weighted by atomic mass is 9.86. The number of rotatable bonds is 4. The second-order valence-electron chi connectivity index (χ2n) is 6.52. The summed E-state index contributed by atoms with van der Waals surface area (Å²) in [6, 6.07) is 7.48. The van der Waals surface area contributed by atoms with Crippen LogP contribution in [0, 0.1) is 5.92 Å². The maximum Gasteiger partial charge on any atom is 0.313 e. The summed E-state index contributed by atoms with van der Waals surface area (Å²) in [7, 11) is 0. The van der Waals surface area contributed by atoms with Gasteiger partial charge in [-0.2, -0.15) is 0 Å². The summed E-state index contributed by atoms with van der Waals surface area (Å²) in [5.41, 5.74) is 1.66. The normalized spacial score (nSPS) is 21.0. The number of hydrogen-bond donors (Lipinski definition) is 3. The molecule has 1 aromatic rings. The summed E-state index contributed by atoms with van der Waals surface area (Å²) in [6.45, 7) is 4.42. The van der Waals surface area contributed by atoms with Crippen LogP contribution in [0.15, 0.2) is 24.3 Å². The van der Waals surface area contributed by atoms with E-state index >= 15 is 0 Å². The number of carbonyl (C=O) groups excluding carboxylic acids is 2. The molecule has 2 atom stereocenters. The minimum absolute atomic E-state index is 0.0449. The fourth-order valence-electron chi connectivity index (χ4n) is 3.02. The van der Waals surface area contributed by atoms with E-state index in [-0.39, 0.29) is 17.9 Å². The van der Waals surface area contributed by atoms with Crippen LogP contribution in [0.5, 0.6) is 0 Å². The van der Waals surface area contributed by atoms with Gasteiger partial charge >= 0.3 is 11.8 Å². The largest absolute Gasteiger partial charge is 0.393 e. The van der Waals surface area contributed by atoms with Crippen molar-refractivity contribution >= 4 is 17.5 Å². The van der Waals surface area contributed by atoms with Gasteiger partial charge < -0.3 is 15.7 Å². The highest BCUT2D eigenvalue weighted by Gasteiger charge is 2.24. The molecule has 1 saturated carbocycles. The quantitative estimate of drug-likeness (QED) is 0.746. The molecule has 1 aromatic carbocycles. The third kappa shape index (κ3) is 4.79. The predicted molar refractivity (Wildman–Crippen MR) is 90.1 cm³/mol. The summed E-state index contributed by atoms with van der Waals surface area (Å²) in [5, 5.41) is 15.2. The molecule has 0 unspecified atom stereocenters. The van der Waals surface area contributed by atoms with Crippen LogP contribution < -0.4 is 10.6 Å². The minimum Gasteiger partial charge on any atom is -0.393 e. The maximum absolute atomic E-state index is 12.1. The average Bonchev–Trinajstić information content (AvgIpc) is 2.54. The van der Waals surface area contributed by atoms with Crippen molar-refractivity contribution in [3.8, 4) is 0 Å². The molecule has 3 N–H and O–H groups in total. The van der Waals surface area contributed by atoms with Crippen LogP contribution in [-0.2, 0) is 9.59 Å². The molecular formula is C18H26N2O3. The first kappa shape index (κ1) is 17.5. The van der Waals surface area contributed by atoms with Crippen LogP contribution >= 0.6 is 0 Å². The van der Waals surface area contributed by atoms with E-state index in [0.29, 0.717) is 12.2 Å². The topological polar surface area (TPSA) is 78.4 Å². The van der Waals surface area contributed by atoms with Gasteiger partial charge in [-0.3, -0.25) is 9.59 Å². The van der Waals surface area contributed by atoms with Gasteiger partial charge in [0.05, 0.1) is 6.10 Å².